The minimum Gasteiger partial charge on any atom is -0.342 e. The molecule has 0 spiro atoms. The molecule has 0 radical (unpaired) electrons. The first kappa shape index (κ1) is 23.9. The largest absolute Gasteiger partial charge is 0.342 e. The molecule has 4 aromatic heterocycles. The molecule has 2 aliphatic rings. The molecule has 0 aromatic carbocycles. The van der Waals surface area contributed by atoms with Crippen molar-refractivity contribution in [2.24, 2.45) is 5.41 Å². The average molecular weight is 558 g/mol. The van der Waals surface area contributed by atoms with Gasteiger partial charge in [-0.1, -0.05) is 19.1 Å². The SMILES string of the molecule is CC(=O)c1nn(CC(=O)N2C(Bc3cccc(Br)n3)CC3(C)CC23)c2cnc(-c3cnc(C)nc3)cc12. The molecular weight excluding hydrogens is 533 g/mol. The fourth-order valence-electron chi connectivity index (χ4n) is 5.63. The van der Waals surface area contributed by atoms with Crippen molar-refractivity contribution < 1.29 is 9.59 Å². The summed E-state index contributed by atoms with van der Waals surface area (Å²) in [6.45, 7) is 5.61. The summed E-state index contributed by atoms with van der Waals surface area (Å²) in [5.74, 6) is 0.589. The van der Waals surface area contributed by atoms with E-state index in [0.717, 1.165) is 28.6 Å². The van der Waals surface area contributed by atoms with E-state index in [1.165, 1.54) is 6.92 Å². The van der Waals surface area contributed by atoms with Crippen LogP contribution in [0.3, 0.4) is 0 Å². The van der Waals surface area contributed by atoms with Crippen molar-refractivity contribution in [3.05, 3.63) is 59.0 Å². The zero-order chi connectivity index (χ0) is 25.9. The van der Waals surface area contributed by atoms with Gasteiger partial charge in [-0.15, -0.1) is 0 Å². The van der Waals surface area contributed by atoms with E-state index in [1.807, 2.05) is 36.1 Å². The third-order valence-electron chi connectivity index (χ3n) is 7.57. The van der Waals surface area contributed by atoms with Crippen molar-refractivity contribution >= 4 is 51.4 Å². The molecule has 3 atom stereocenters. The van der Waals surface area contributed by atoms with E-state index < -0.39 is 0 Å². The molecule has 0 N–H and O–H groups in total. The summed E-state index contributed by atoms with van der Waals surface area (Å²) in [5.41, 5.74) is 3.50. The summed E-state index contributed by atoms with van der Waals surface area (Å²) in [6.07, 6.45) is 7.06. The van der Waals surface area contributed by atoms with Crippen LogP contribution in [0, 0.1) is 12.3 Å². The molecule has 1 saturated carbocycles. The van der Waals surface area contributed by atoms with Gasteiger partial charge in [0.05, 0.1) is 17.4 Å². The number of hydrogen-bond acceptors (Lipinski definition) is 7. The first-order valence-electron chi connectivity index (χ1n) is 12.3. The van der Waals surface area contributed by atoms with Crippen LogP contribution in [-0.2, 0) is 11.3 Å². The van der Waals surface area contributed by atoms with Crippen LogP contribution in [0.4, 0.5) is 0 Å². The second-order valence-corrected chi connectivity index (χ2v) is 11.2. The van der Waals surface area contributed by atoms with E-state index in [-0.39, 0.29) is 35.6 Å². The van der Waals surface area contributed by atoms with Gasteiger partial charge >= 0.3 is 0 Å². The summed E-state index contributed by atoms with van der Waals surface area (Å²) in [7, 11) is 0.708. The number of likely N-dealkylation sites (tertiary alicyclic amines) is 1. The lowest BCUT2D eigenvalue weighted by Crippen LogP contribution is -2.47. The highest BCUT2D eigenvalue weighted by atomic mass is 79.9. The Balaban J connectivity index is 1.30. The van der Waals surface area contributed by atoms with Crippen LogP contribution in [0.15, 0.2) is 47.5 Å². The Kier molecular flexibility index (Phi) is 5.70. The van der Waals surface area contributed by atoms with Gasteiger partial charge in [-0.3, -0.25) is 24.2 Å². The lowest BCUT2D eigenvalue weighted by Gasteiger charge is -2.27. The monoisotopic (exact) mass is 557 g/mol. The summed E-state index contributed by atoms with van der Waals surface area (Å²) >= 11 is 3.45. The van der Waals surface area contributed by atoms with E-state index in [9.17, 15) is 9.59 Å². The van der Waals surface area contributed by atoms with E-state index in [1.54, 1.807) is 23.3 Å². The number of pyridine rings is 2. The normalized spacial score (nSPS) is 22.2. The Labute approximate surface area is 223 Å². The predicted molar refractivity (Wildman–Crippen MR) is 144 cm³/mol. The maximum atomic E-state index is 13.7. The van der Waals surface area contributed by atoms with Gasteiger partial charge in [0.25, 0.3) is 0 Å². The van der Waals surface area contributed by atoms with Crippen LogP contribution in [0.1, 0.15) is 43.0 Å². The van der Waals surface area contributed by atoms with Gasteiger partial charge in [0.15, 0.2) is 5.78 Å². The highest BCUT2D eigenvalue weighted by Crippen LogP contribution is 2.58. The second-order valence-electron chi connectivity index (χ2n) is 10.4. The third kappa shape index (κ3) is 4.35. The minimum atomic E-state index is -0.164. The molecule has 1 aliphatic heterocycles. The molecular formula is C26H25BBrN7O2. The van der Waals surface area contributed by atoms with Crippen LogP contribution in [0.5, 0.6) is 0 Å². The Morgan fingerprint density at radius 3 is 2.68 bits per heavy atom. The number of carbonyl (C=O) groups excluding carboxylic acids is 2. The number of amides is 1. The first-order valence-corrected chi connectivity index (χ1v) is 13.1. The van der Waals surface area contributed by atoms with Gasteiger partial charge in [0, 0.05) is 47.8 Å². The summed E-state index contributed by atoms with van der Waals surface area (Å²) in [4.78, 5) is 45.9. The number of nitrogens with zero attached hydrogens (tertiary/aromatic N) is 7. The maximum absolute atomic E-state index is 13.7. The van der Waals surface area contributed by atoms with Gasteiger partial charge < -0.3 is 4.90 Å². The second kappa shape index (κ2) is 8.83. The first-order chi connectivity index (χ1) is 17.7. The Bertz CT molecular complexity index is 1560. The van der Waals surface area contributed by atoms with E-state index in [2.05, 4.69) is 47.9 Å². The van der Waals surface area contributed by atoms with Crippen LogP contribution >= 0.6 is 15.9 Å². The van der Waals surface area contributed by atoms with Crippen molar-refractivity contribution in [3.8, 4) is 11.3 Å². The fraction of sp³-hybridized carbons (Fsp3) is 0.346. The van der Waals surface area contributed by atoms with E-state index >= 15 is 0 Å². The molecule has 2 fully saturated rings. The molecule has 4 aromatic rings. The Morgan fingerprint density at radius 2 is 1.95 bits per heavy atom. The van der Waals surface area contributed by atoms with E-state index in [0.29, 0.717) is 35.4 Å². The molecule has 1 aliphatic carbocycles. The van der Waals surface area contributed by atoms with Gasteiger partial charge in [0.1, 0.15) is 22.7 Å². The van der Waals surface area contributed by atoms with Crippen molar-refractivity contribution in [1.82, 2.24) is 34.6 Å². The smallest absolute Gasteiger partial charge is 0.244 e. The summed E-state index contributed by atoms with van der Waals surface area (Å²) in [5, 5.41) is 5.22. The molecule has 3 unspecified atom stereocenters. The quantitative estimate of drug-likeness (QED) is 0.204. The summed E-state index contributed by atoms with van der Waals surface area (Å²) < 4.78 is 2.41. The van der Waals surface area contributed by atoms with Crippen molar-refractivity contribution in [1.29, 1.82) is 0 Å². The Morgan fingerprint density at radius 1 is 1.16 bits per heavy atom. The number of aryl methyl sites for hydroxylation is 1. The minimum absolute atomic E-state index is 0.00161. The number of fused-ring (bicyclic) bond motifs is 2. The Hall–Kier alpha value is -3.47. The molecule has 186 valence electrons. The fourth-order valence-corrected chi connectivity index (χ4v) is 6.01. The van der Waals surface area contributed by atoms with Gasteiger partial charge in [-0.05, 0) is 53.2 Å². The number of halogens is 1. The molecule has 5 heterocycles. The lowest BCUT2D eigenvalue weighted by molar-refractivity contribution is -0.132. The average Bonchev–Trinajstić information content (AvgIpc) is 3.23. The predicted octanol–water partition coefficient (Wildman–Crippen LogP) is 2.66. The molecule has 1 amide bonds. The van der Waals surface area contributed by atoms with Crippen molar-refractivity contribution in [3.63, 3.8) is 0 Å². The third-order valence-corrected chi connectivity index (χ3v) is 8.01. The van der Waals surface area contributed by atoms with E-state index in [4.69, 9.17) is 0 Å². The van der Waals surface area contributed by atoms with Crippen LogP contribution in [-0.4, -0.2) is 65.6 Å². The number of Topliss-reactive ketones (excluding diaryl/α,β-unsaturated/α-hetero) is 1. The molecule has 9 nitrogen and oxygen atoms in total. The number of carbonyl (C=O) groups is 2. The van der Waals surface area contributed by atoms with Crippen LogP contribution in [0.2, 0.25) is 0 Å². The number of rotatable bonds is 6. The molecule has 6 rings (SSSR count). The number of hydrogen-bond donors (Lipinski definition) is 0. The zero-order valence-corrected chi connectivity index (χ0v) is 22.4. The number of aromatic nitrogens is 6. The van der Waals surface area contributed by atoms with Crippen molar-refractivity contribution in [2.45, 2.75) is 52.1 Å². The topological polar surface area (TPSA) is 107 Å². The highest BCUT2D eigenvalue weighted by Gasteiger charge is 2.62. The highest BCUT2D eigenvalue weighted by molar-refractivity contribution is 9.10. The lowest BCUT2D eigenvalue weighted by atomic mass is 9.63. The summed E-state index contributed by atoms with van der Waals surface area (Å²) in [6, 6.07) is 7.93. The molecule has 1 saturated heterocycles. The number of ketones is 1. The van der Waals surface area contributed by atoms with Gasteiger partial charge in [0.2, 0.25) is 13.2 Å². The van der Waals surface area contributed by atoms with Crippen LogP contribution < -0.4 is 5.59 Å². The van der Waals surface area contributed by atoms with Crippen molar-refractivity contribution in [2.75, 3.05) is 0 Å². The number of piperidine rings is 1. The molecule has 11 heteroatoms. The van der Waals surface area contributed by atoms with Gasteiger partial charge in [-0.25, -0.2) is 9.97 Å². The molecule has 0 bridgehead atoms. The zero-order valence-electron chi connectivity index (χ0n) is 20.8. The maximum Gasteiger partial charge on any atom is 0.244 e. The van der Waals surface area contributed by atoms with Crippen LogP contribution in [0.25, 0.3) is 22.2 Å². The van der Waals surface area contributed by atoms with Gasteiger partial charge in [-0.2, -0.15) is 5.10 Å². The standard InChI is InChI=1S/C26H25BBrN7O2/c1-14(36)25-17-7-18(16-10-29-15(2)30-11-16)31-12-19(17)34(33-25)13-24(37)35-20-8-26(20,3)9-22(35)27-21-5-4-6-23(28)32-21/h4-7,10-12,20,22,27H,8-9,13H2,1-3H3. The molecule has 37 heavy (non-hydrogen) atoms.